The van der Waals surface area contributed by atoms with Gasteiger partial charge in [-0.2, -0.15) is 5.10 Å². The third-order valence-corrected chi connectivity index (χ3v) is 3.55. The van der Waals surface area contributed by atoms with Gasteiger partial charge in [0.1, 0.15) is 5.69 Å². The van der Waals surface area contributed by atoms with E-state index in [1.165, 1.54) is 10.8 Å². The molecule has 1 aromatic heterocycles. The van der Waals surface area contributed by atoms with Crippen LogP contribution in [0.2, 0.25) is 0 Å². The van der Waals surface area contributed by atoms with E-state index in [0.717, 1.165) is 36.3 Å². The van der Waals surface area contributed by atoms with E-state index in [-0.39, 0.29) is 0 Å². The van der Waals surface area contributed by atoms with Crippen molar-refractivity contribution in [3.05, 3.63) is 48.7 Å². The van der Waals surface area contributed by atoms with Gasteiger partial charge in [0.25, 0.3) is 0 Å². The zero-order valence-electron chi connectivity index (χ0n) is 11.7. The zero-order valence-corrected chi connectivity index (χ0v) is 11.7. The Bertz CT molecular complexity index is 728. The fraction of sp³-hybridized carbons (Fsp3) is 0.235. The number of fused-ring (bicyclic) bond motifs is 1. The van der Waals surface area contributed by atoms with E-state index in [0.29, 0.717) is 0 Å². The van der Waals surface area contributed by atoms with Gasteiger partial charge in [-0.1, -0.05) is 49.7 Å². The molecule has 0 unspecified atom stereocenters. The van der Waals surface area contributed by atoms with Crippen molar-refractivity contribution in [1.82, 2.24) is 9.78 Å². The number of benzene rings is 2. The van der Waals surface area contributed by atoms with Crippen LogP contribution < -0.4 is 5.73 Å². The van der Waals surface area contributed by atoms with E-state index in [4.69, 9.17) is 5.73 Å². The lowest BCUT2D eigenvalue weighted by atomic mass is 10.0. The molecule has 0 amide bonds. The Hall–Kier alpha value is -2.29. The molecule has 3 aromatic rings. The van der Waals surface area contributed by atoms with Gasteiger partial charge in [0, 0.05) is 18.3 Å². The lowest BCUT2D eigenvalue weighted by Gasteiger charge is -2.02. The summed E-state index contributed by atoms with van der Waals surface area (Å²) in [5, 5.41) is 7.07. The molecule has 0 aliphatic carbocycles. The van der Waals surface area contributed by atoms with Gasteiger partial charge < -0.3 is 5.73 Å². The number of rotatable bonds is 4. The van der Waals surface area contributed by atoms with Gasteiger partial charge in [-0.3, -0.25) is 4.68 Å². The second kappa shape index (κ2) is 5.37. The first kappa shape index (κ1) is 12.7. The van der Waals surface area contributed by atoms with Crippen LogP contribution in [-0.2, 0) is 6.54 Å². The molecule has 2 aromatic carbocycles. The van der Waals surface area contributed by atoms with Crippen molar-refractivity contribution in [2.24, 2.45) is 0 Å². The Morgan fingerprint density at radius 1 is 1.10 bits per heavy atom. The van der Waals surface area contributed by atoms with E-state index in [1.54, 1.807) is 0 Å². The number of nitrogens with zero attached hydrogens (tertiary/aromatic N) is 2. The summed E-state index contributed by atoms with van der Waals surface area (Å²) in [4.78, 5) is 0. The number of unbranched alkanes of at least 4 members (excludes halogenated alkanes) is 1. The molecule has 3 heteroatoms. The van der Waals surface area contributed by atoms with E-state index in [2.05, 4.69) is 54.5 Å². The summed E-state index contributed by atoms with van der Waals surface area (Å²) < 4.78 is 1.95. The monoisotopic (exact) mass is 265 g/mol. The Labute approximate surface area is 119 Å². The molecule has 0 fully saturated rings. The van der Waals surface area contributed by atoms with Crippen LogP contribution in [0.4, 0.5) is 5.69 Å². The molecule has 0 aliphatic heterocycles. The van der Waals surface area contributed by atoms with E-state index in [1.807, 2.05) is 10.9 Å². The van der Waals surface area contributed by atoms with Crippen molar-refractivity contribution < 1.29 is 0 Å². The van der Waals surface area contributed by atoms with E-state index in [9.17, 15) is 0 Å². The molecule has 0 radical (unpaired) electrons. The standard InChI is InChI=1S/C17H19N3/c1-2-3-10-20-12-16(18)17(19-20)15-9-8-13-6-4-5-7-14(13)11-15/h4-9,11-12H,2-3,10,18H2,1H3. The van der Waals surface area contributed by atoms with Gasteiger partial charge in [-0.25, -0.2) is 0 Å². The van der Waals surface area contributed by atoms with Gasteiger partial charge >= 0.3 is 0 Å². The van der Waals surface area contributed by atoms with Crippen molar-refractivity contribution in [1.29, 1.82) is 0 Å². The number of aryl methyl sites for hydroxylation is 1. The summed E-state index contributed by atoms with van der Waals surface area (Å²) in [5.41, 5.74) is 8.81. The summed E-state index contributed by atoms with van der Waals surface area (Å²) in [7, 11) is 0. The predicted octanol–water partition coefficient (Wildman–Crippen LogP) is 4.09. The van der Waals surface area contributed by atoms with Crippen LogP contribution >= 0.6 is 0 Å². The average Bonchev–Trinajstić information content (AvgIpc) is 2.85. The maximum Gasteiger partial charge on any atom is 0.115 e. The summed E-state index contributed by atoms with van der Waals surface area (Å²) in [5.74, 6) is 0. The highest BCUT2D eigenvalue weighted by Crippen LogP contribution is 2.27. The van der Waals surface area contributed by atoms with Crippen molar-refractivity contribution >= 4 is 16.5 Å². The van der Waals surface area contributed by atoms with Crippen LogP contribution in [-0.4, -0.2) is 9.78 Å². The molecular weight excluding hydrogens is 246 g/mol. The van der Waals surface area contributed by atoms with Gasteiger partial charge in [0.05, 0.1) is 5.69 Å². The topological polar surface area (TPSA) is 43.8 Å². The third kappa shape index (κ3) is 2.39. The highest BCUT2D eigenvalue weighted by atomic mass is 15.3. The minimum absolute atomic E-state index is 0.747. The smallest absolute Gasteiger partial charge is 0.115 e. The SMILES string of the molecule is CCCCn1cc(N)c(-c2ccc3ccccc3c2)n1. The quantitative estimate of drug-likeness (QED) is 0.772. The largest absolute Gasteiger partial charge is 0.396 e. The molecule has 0 bridgehead atoms. The maximum absolute atomic E-state index is 6.11. The van der Waals surface area contributed by atoms with Crippen LogP contribution in [0.25, 0.3) is 22.0 Å². The van der Waals surface area contributed by atoms with Crippen LogP contribution in [0.15, 0.2) is 48.7 Å². The molecule has 0 saturated heterocycles. The molecule has 1 heterocycles. The summed E-state index contributed by atoms with van der Waals surface area (Å²) >= 11 is 0. The lowest BCUT2D eigenvalue weighted by molar-refractivity contribution is 0.573. The van der Waals surface area contributed by atoms with E-state index >= 15 is 0 Å². The second-order valence-corrected chi connectivity index (χ2v) is 5.11. The summed E-state index contributed by atoms with van der Waals surface area (Å²) in [6, 6.07) is 14.7. The summed E-state index contributed by atoms with van der Waals surface area (Å²) in [6.07, 6.45) is 4.21. The molecule has 0 spiro atoms. The van der Waals surface area contributed by atoms with Gasteiger partial charge in [-0.05, 0) is 23.3 Å². The first-order chi connectivity index (χ1) is 9.78. The average molecular weight is 265 g/mol. The zero-order chi connectivity index (χ0) is 13.9. The molecule has 0 saturated carbocycles. The lowest BCUT2D eigenvalue weighted by Crippen LogP contribution is -1.97. The Morgan fingerprint density at radius 3 is 2.70 bits per heavy atom. The Balaban J connectivity index is 1.99. The van der Waals surface area contributed by atoms with Gasteiger partial charge in [0.2, 0.25) is 0 Å². The molecule has 2 N–H and O–H groups in total. The molecule has 102 valence electrons. The highest BCUT2D eigenvalue weighted by Gasteiger charge is 2.09. The van der Waals surface area contributed by atoms with Gasteiger partial charge in [0.15, 0.2) is 0 Å². The fourth-order valence-electron chi connectivity index (χ4n) is 2.43. The summed E-state index contributed by atoms with van der Waals surface area (Å²) in [6.45, 7) is 3.10. The van der Waals surface area contributed by atoms with Crippen molar-refractivity contribution in [3.63, 3.8) is 0 Å². The number of aromatic nitrogens is 2. The minimum atomic E-state index is 0.747. The first-order valence-corrected chi connectivity index (χ1v) is 7.10. The number of nitrogen functional groups attached to an aromatic ring is 1. The van der Waals surface area contributed by atoms with Crippen LogP contribution in [0, 0.1) is 0 Å². The Kier molecular flexibility index (Phi) is 3.42. The van der Waals surface area contributed by atoms with Crippen LogP contribution in [0.5, 0.6) is 0 Å². The predicted molar refractivity (Wildman–Crippen MR) is 84.5 cm³/mol. The third-order valence-electron chi connectivity index (χ3n) is 3.55. The number of anilines is 1. The molecule has 0 atom stereocenters. The molecule has 3 rings (SSSR count). The van der Waals surface area contributed by atoms with Crippen molar-refractivity contribution in [2.75, 3.05) is 5.73 Å². The van der Waals surface area contributed by atoms with Crippen molar-refractivity contribution in [3.8, 4) is 11.3 Å². The molecule has 20 heavy (non-hydrogen) atoms. The van der Waals surface area contributed by atoms with E-state index < -0.39 is 0 Å². The minimum Gasteiger partial charge on any atom is -0.396 e. The van der Waals surface area contributed by atoms with Crippen molar-refractivity contribution in [2.45, 2.75) is 26.3 Å². The highest BCUT2D eigenvalue weighted by molar-refractivity contribution is 5.88. The van der Waals surface area contributed by atoms with Gasteiger partial charge in [-0.15, -0.1) is 0 Å². The fourth-order valence-corrected chi connectivity index (χ4v) is 2.43. The van der Waals surface area contributed by atoms with Crippen LogP contribution in [0.1, 0.15) is 19.8 Å². The number of nitrogens with two attached hydrogens (primary N) is 1. The van der Waals surface area contributed by atoms with Crippen LogP contribution in [0.3, 0.4) is 0 Å². The first-order valence-electron chi connectivity index (χ1n) is 7.10. The number of hydrogen-bond donors (Lipinski definition) is 1. The molecule has 0 aliphatic rings. The molecule has 3 nitrogen and oxygen atoms in total. The molecular formula is C17H19N3. The second-order valence-electron chi connectivity index (χ2n) is 5.11. The number of hydrogen-bond acceptors (Lipinski definition) is 2. The maximum atomic E-state index is 6.11. The normalized spacial score (nSPS) is 11.1. The Morgan fingerprint density at radius 2 is 1.90 bits per heavy atom.